The summed E-state index contributed by atoms with van der Waals surface area (Å²) < 4.78 is 12.9. The molecular formula is C34H30N2O6S. The Morgan fingerprint density at radius 1 is 0.884 bits per heavy atom. The van der Waals surface area contributed by atoms with Crippen LogP contribution in [0.4, 0.5) is 11.4 Å². The second-order valence-corrected chi connectivity index (χ2v) is 11.5. The van der Waals surface area contributed by atoms with E-state index in [9.17, 15) is 19.5 Å². The van der Waals surface area contributed by atoms with E-state index in [0.29, 0.717) is 34.6 Å². The van der Waals surface area contributed by atoms with Gasteiger partial charge in [0.2, 0.25) is 5.91 Å². The molecule has 2 N–H and O–H groups in total. The third-order valence-electron chi connectivity index (χ3n) is 7.42. The number of nitrogens with zero attached hydrogens (tertiary/aromatic N) is 1. The molecule has 0 spiro atoms. The summed E-state index contributed by atoms with van der Waals surface area (Å²) in [6.07, 6.45) is -0.574. The van der Waals surface area contributed by atoms with Crippen LogP contribution in [0.15, 0.2) is 102 Å². The lowest BCUT2D eigenvalue weighted by Crippen LogP contribution is -2.32. The van der Waals surface area contributed by atoms with Crippen LogP contribution < -0.4 is 10.2 Å². The van der Waals surface area contributed by atoms with E-state index in [0.717, 1.165) is 21.7 Å². The molecule has 6 rings (SSSR count). The van der Waals surface area contributed by atoms with E-state index in [2.05, 4.69) is 5.32 Å². The van der Waals surface area contributed by atoms with E-state index in [1.54, 1.807) is 54.2 Å². The zero-order valence-corrected chi connectivity index (χ0v) is 24.3. The van der Waals surface area contributed by atoms with Crippen LogP contribution in [0.1, 0.15) is 63.1 Å². The van der Waals surface area contributed by atoms with Crippen LogP contribution in [0, 0.1) is 0 Å². The summed E-state index contributed by atoms with van der Waals surface area (Å²) in [6.45, 7) is 1.44. The van der Waals surface area contributed by atoms with Gasteiger partial charge in [-0.3, -0.25) is 14.4 Å². The lowest BCUT2D eigenvalue weighted by atomic mass is 10.0. The minimum absolute atomic E-state index is 0.0396. The number of fused-ring (bicyclic) bond motifs is 1. The summed E-state index contributed by atoms with van der Waals surface area (Å²) in [7, 11) is 0. The van der Waals surface area contributed by atoms with Gasteiger partial charge in [0.25, 0.3) is 11.8 Å². The van der Waals surface area contributed by atoms with Gasteiger partial charge in [0, 0.05) is 35.2 Å². The summed E-state index contributed by atoms with van der Waals surface area (Å²) in [5.41, 5.74) is 4.44. The number of aliphatic hydroxyl groups excluding tert-OH is 1. The zero-order valence-electron chi connectivity index (χ0n) is 23.4. The molecule has 0 unspecified atom stereocenters. The molecule has 2 aliphatic rings. The van der Waals surface area contributed by atoms with E-state index in [1.165, 1.54) is 11.8 Å². The average molecular weight is 595 g/mol. The van der Waals surface area contributed by atoms with Crippen molar-refractivity contribution in [1.82, 2.24) is 0 Å². The van der Waals surface area contributed by atoms with E-state index >= 15 is 0 Å². The fourth-order valence-electron chi connectivity index (χ4n) is 5.28. The van der Waals surface area contributed by atoms with Gasteiger partial charge in [0.05, 0.1) is 35.6 Å². The van der Waals surface area contributed by atoms with Crippen LogP contribution in [0.25, 0.3) is 0 Å². The van der Waals surface area contributed by atoms with Crippen molar-refractivity contribution >= 4 is 40.9 Å². The summed E-state index contributed by atoms with van der Waals surface area (Å²) >= 11 is 1.65. The molecule has 1 saturated heterocycles. The van der Waals surface area contributed by atoms with E-state index in [-0.39, 0.29) is 36.5 Å². The standard InChI is InChI=1S/C34H30N2O6S/c1-21(38)35-25-13-15-28(16-14-25)43-20-27-18-31(23-11-9-22(19-37)10-12-23)42-34(41-27)24-5-4-6-26(17-24)36-32(39)29-7-2-3-8-30(29)33(36)40/h2-17,27,31,34,37H,18-20H2,1H3,(H,35,38)/t27-,31+,34+/m1/s1. The highest BCUT2D eigenvalue weighted by atomic mass is 32.2. The Morgan fingerprint density at radius 2 is 1.58 bits per heavy atom. The number of nitrogens with one attached hydrogen (secondary N) is 1. The van der Waals surface area contributed by atoms with E-state index in [1.807, 2.05) is 54.6 Å². The van der Waals surface area contributed by atoms with Crippen LogP contribution in [0.3, 0.4) is 0 Å². The van der Waals surface area contributed by atoms with Gasteiger partial charge in [-0.25, -0.2) is 4.90 Å². The molecule has 1 fully saturated rings. The number of rotatable bonds is 8. The first-order valence-electron chi connectivity index (χ1n) is 14.0. The SMILES string of the molecule is CC(=O)Nc1ccc(SC[C@H]2C[C@@H](c3ccc(CO)cc3)O[C@@H](c3cccc(N4C(=O)c5ccccc5C4=O)c3)O2)cc1. The number of carbonyl (C=O) groups is 3. The maximum Gasteiger partial charge on any atom is 0.266 e. The Balaban J connectivity index is 1.24. The van der Waals surface area contributed by atoms with Crippen molar-refractivity contribution in [2.24, 2.45) is 0 Å². The fourth-order valence-corrected chi connectivity index (χ4v) is 6.21. The molecule has 0 bridgehead atoms. The highest BCUT2D eigenvalue weighted by Crippen LogP contribution is 2.40. The molecule has 43 heavy (non-hydrogen) atoms. The molecule has 3 amide bonds. The molecule has 0 aromatic heterocycles. The molecule has 8 nitrogen and oxygen atoms in total. The molecule has 9 heteroatoms. The van der Waals surface area contributed by atoms with Crippen LogP contribution >= 0.6 is 11.8 Å². The largest absolute Gasteiger partial charge is 0.392 e. The molecule has 4 aromatic carbocycles. The Kier molecular flexibility index (Phi) is 8.40. The number of aliphatic hydroxyl groups is 1. The van der Waals surface area contributed by atoms with E-state index < -0.39 is 6.29 Å². The summed E-state index contributed by atoms with van der Waals surface area (Å²) in [5.74, 6) is -0.178. The van der Waals surface area contributed by atoms with Gasteiger partial charge in [0.1, 0.15) is 0 Å². The van der Waals surface area contributed by atoms with Gasteiger partial charge in [0.15, 0.2) is 6.29 Å². The first-order chi connectivity index (χ1) is 20.9. The number of imide groups is 1. The van der Waals surface area contributed by atoms with Gasteiger partial charge in [-0.1, -0.05) is 48.5 Å². The van der Waals surface area contributed by atoms with Crippen LogP contribution in [-0.2, 0) is 20.9 Å². The van der Waals surface area contributed by atoms with Crippen molar-refractivity contribution in [1.29, 1.82) is 0 Å². The molecule has 0 aliphatic carbocycles. The number of benzene rings is 4. The van der Waals surface area contributed by atoms with Crippen LogP contribution in [-0.4, -0.2) is 34.7 Å². The zero-order chi connectivity index (χ0) is 29.9. The minimum atomic E-state index is -0.737. The number of hydrogen-bond acceptors (Lipinski definition) is 7. The third-order valence-corrected chi connectivity index (χ3v) is 8.56. The number of ether oxygens (including phenoxy) is 2. The monoisotopic (exact) mass is 594 g/mol. The van der Waals surface area contributed by atoms with Crippen molar-refractivity contribution in [2.75, 3.05) is 16.0 Å². The van der Waals surface area contributed by atoms with Gasteiger partial charge < -0.3 is 19.9 Å². The number of carbonyl (C=O) groups excluding carboxylic acids is 3. The predicted molar refractivity (Wildman–Crippen MR) is 164 cm³/mol. The Morgan fingerprint density at radius 3 is 2.23 bits per heavy atom. The quantitative estimate of drug-likeness (QED) is 0.183. The van der Waals surface area contributed by atoms with Gasteiger partial charge in [-0.15, -0.1) is 11.8 Å². The third kappa shape index (κ3) is 6.25. The normalized spacial score (nSPS) is 19.8. The van der Waals surface area contributed by atoms with E-state index in [4.69, 9.17) is 9.47 Å². The molecule has 3 atom stereocenters. The Hall–Kier alpha value is -4.28. The molecule has 0 radical (unpaired) electrons. The van der Waals surface area contributed by atoms with Crippen LogP contribution in [0.5, 0.6) is 0 Å². The summed E-state index contributed by atoms with van der Waals surface area (Å²) in [5, 5.41) is 12.3. The summed E-state index contributed by atoms with van der Waals surface area (Å²) in [6, 6.07) is 29.3. The van der Waals surface area contributed by atoms with Crippen molar-refractivity contribution in [2.45, 2.75) is 43.3 Å². The topological polar surface area (TPSA) is 105 Å². The smallest absolute Gasteiger partial charge is 0.266 e. The average Bonchev–Trinajstić information content (AvgIpc) is 3.29. The number of amides is 3. The lowest BCUT2D eigenvalue weighted by molar-refractivity contribution is -0.245. The maximum absolute atomic E-state index is 13.1. The van der Waals surface area contributed by atoms with Crippen molar-refractivity contribution in [3.63, 3.8) is 0 Å². The predicted octanol–water partition coefficient (Wildman–Crippen LogP) is 6.28. The number of hydrogen-bond donors (Lipinski definition) is 2. The van der Waals surface area contributed by atoms with Gasteiger partial charge in [-0.2, -0.15) is 0 Å². The van der Waals surface area contributed by atoms with Crippen molar-refractivity contribution < 1.29 is 29.0 Å². The highest BCUT2D eigenvalue weighted by Gasteiger charge is 2.37. The summed E-state index contributed by atoms with van der Waals surface area (Å²) in [4.78, 5) is 39.8. The second kappa shape index (κ2) is 12.5. The highest BCUT2D eigenvalue weighted by molar-refractivity contribution is 7.99. The first kappa shape index (κ1) is 28.8. The molecule has 2 aliphatic heterocycles. The van der Waals surface area contributed by atoms with Gasteiger partial charge in [-0.05, 0) is 59.7 Å². The minimum Gasteiger partial charge on any atom is -0.392 e. The fraction of sp³-hybridized carbons (Fsp3) is 0.206. The first-order valence-corrected chi connectivity index (χ1v) is 15.0. The Bertz CT molecular complexity index is 1620. The van der Waals surface area contributed by atoms with Gasteiger partial charge >= 0.3 is 0 Å². The number of thioether (sulfide) groups is 1. The van der Waals surface area contributed by atoms with Crippen molar-refractivity contribution in [3.8, 4) is 0 Å². The van der Waals surface area contributed by atoms with Crippen molar-refractivity contribution in [3.05, 3.63) is 125 Å². The Labute approximate surface area is 253 Å². The van der Waals surface area contributed by atoms with Crippen LogP contribution in [0.2, 0.25) is 0 Å². The molecular weight excluding hydrogens is 564 g/mol. The second-order valence-electron chi connectivity index (χ2n) is 10.5. The number of anilines is 2. The molecule has 4 aromatic rings. The lowest BCUT2D eigenvalue weighted by Gasteiger charge is -2.36. The molecule has 2 heterocycles. The molecule has 0 saturated carbocycles. The maximum atomic E-state index is 13.1. The molecule has 218 valence electrons.